The summed E-state index contributed by atoms with van der Waals surface area (Å²) < 4.78 is 24.5. The Morgan fingerprint density at radius 2 is 1.92 bits per heavy atom. The van der Waals surface area contributed by atoms with Crippen molar-refractivity contribution >= 4 is 21.8 Å². The molecule has 0 radical (unpaired) electrons. The van der Waals surface area contributed by atoms with Gasteiger partial charge in [0.25, 0.3) is 5.91 Å². The highest BCUT2D eigenvalue weighted by Gasteiger charge is 2.27. The molecule has 0 spiro atoms. The molecule has 1 aliphatic heterocycles. The molecular weight excluding hydrogens is 346 g/mol. The molecule has 1 fully saturated rings. The Labute approximate surface area is 147 Å². The van der Waals surface area contributed by atoms with Crippen molar-refractivity contribution in [3.8, 4) is 5.75 Å². The van der Waals surface area contributed by atoms with Crippen molar-refractivity contribution in [1.29, 1.82) is 0 Å². The Kier molecular flexibility index (Phi) is 6.02. The first-order chi connectivity index (χ1) is 11.7. The van der Waals surface area contributed by atoms with E-state index in [2.05, 4.69) is 5.32 Å². The lowest BCUT2D eigenvalue weighted by molar-refractivity contribution is -0.119. The van der Waals surface area contributed by atoms with Gasteiger partial charge in [-0.3, -0.25) is 9.59 Å². The van der Waals surface area contributed by atoms with Gasteiger partial charge in [-0.15, -0.1) is 0 Å². The summed E-state index contributed by atoms with van der Waals surface area (Å²) in [5.74, 6) is -1.28. The third-order valence-corrected chi connectivity index (χ3v) is 5.80. The van der Waals surface area contributed by atoms with E-state index in [-0.39, 0.29) is 17.7 Å². The second-order valence-corrected chi connectivity index (χ2v) is 8.43. The zero-order valence-corrected chi connectivity index (χ0v) is 15.1. The number of piperidine rings is 1. The smallest absolute Gasteiger partial charge is 0.253 e. The molecule has 2 rings (SSSR count). The summed E-state index contributed by atoms with van der Waals surface area (Å²) in [4.78, 5) is 26.1. The summed E-state index contributed by atoms with van der Waals surface area (Å²) in [6.45, 7) is 0.898. The fourth-order valence-electron chi connectivity index (χ4n) is 2.63. The van der Waals surface area contributed by atoms with Gasteiger partial charge in [-0.25, -0.2) is 12.7 Å². The van der Waals surface area contributed by atoms with Crippen molar-refractivity contribution in [1.82, 2.24) is 14.5 Å². The predicted octanol–water partition coefficient (Wildman–Crippen LogP) is 0.00440. The highest BCUT2D eigenvalue weighted by Crippen LogP contribution is 2.16. The minimum Gasteiger partial charge on any atom is -0.508 e. The van der Waals surface area contributed by atoms with Crippen molar-refractivity contribution in [2.45, 2.75) is 18.9 Å². The number of hydrogen-bond acceptors (Lipinski definition) is 5. The van der Waals surface area contributed by atoms with Gasteiger partial charge in [0, 0.05) is 38.8 Å². The van der Waals surface area contributed by atoms with E-state index >= 15 is 0 Å². The third-order valence-electron chi connectivity index (χ3n) is 4.06. The SMILES string of the molecule is CN(C)S(=O)(=O)CC(=O)N[C@H]1CCCN(C(=O)c2ccc(O)cc2)C1. The van der Waals surface area contributed by atoms with Crippen LogP contribution in [0.3, 0.4) is 0 Å². The summed E-state index contributed by atoms with van der Waals surface area (Å²) in [7, 11) is -0.856. The number of carbonyl (C=O) groups is 2. The fraction of sp³-hybridized carbons (Fsp3) is 0.500. The van der Waals surface area contributed by atoms with Crippen molar-refractivity contribution in [3.63, 3.8) is 0 Å². The molecule has 25 heavy (non-hydrogen) atoms. The number of aromatic hydroxyl groups is 1. The number of benzene rings is 1. The van der Waals surface area contributed by atoms with Gasteiger partial charge in [-0.1, -0.05) is 0 Å². The van der Waals surface area contributed by atoms with E-state index in [1.54, 1.807) is 17.0 Å². The quantitative estimate of drug-likeness (QED) is 0.760. The van der Waals surface area contributed by atoms with Gasteiger partial charge in [0.2, 0.25) is 15.9 Å². The minimum atomic E-state index is -3.61. The van der Waals surface area contributed by atoms with Crippen LogP contribution in [0.4, 0.5) is 0 Å². The molecule has 1 aromatic carbocycles. The molecule has 1 atom stereocenters. The molecule has 0 aliphatic carbocycles. The number of phenols is 1. The van der Waals surface area contributed by atoms with E-state index in [1.165, 1.54) is 26.2 Å². The maximum Gasteiger partial charge on any atom is 0.253 e. The molecule has 0 aromatic heterocycles. The molecule has 0 bridgehead atoms. The van der Waals surface area contributed by atoms with Crippen LogP contribution >= 0.6 is 0 Å². The molecule has 2 N–H and O–H groups in total. The van der Waals surface area contributed by atoms with E-state index in [1.807, 2.05) is 0 Å². The topological polar surface area (TPSA) is 107 Å². The summed E-state index contributed by atoms with van der Waals surface area (Å²) in [6, 6.07) is 5.71. The standard InChI is InChI=1S/C16H23N3O5S/c1-18(2)25(23,24)11-15(21)17-13-4-3-9-19(10-13)16(22)12-5-7-14(20)8-6-12/h5-8,13,20H,3-4,9-11H2,1-2H3,(H,17,21)/t13-/m0/s1. The van der Waals surface area contributed by atoms with Crippen LogP contribution < -0.4 is 5.32 Å². The van der Waals surface area contributed by atoms with Crippen molar-refractivity contribution in [2.24, 2.45) is 0 Å². The van der Waals surface area contributed by atoms with Crippen molar-refractivity contribution < 1.29 is 23.1 Å². The van der Waals surface area contributed by atoms with E-state index in [0.29, 0.717) is 25.1 Å². The number of hydrogen-bond donors (Lipinski definition) is 2. The first kappa shape index (κ1) is 19.2. The summed E-state index contributed by atoms with van der Waals surface area (Å²) in [5.41, 5.74) is 0.458. The van der Waals surface area contributed by atoms with Crippen LogP contribution in [-0.2, 0) is 14.8 Å². The number of amides is 2. The number of sulfonamides is 1. The molecule has 0 saturated carbocycles. The Morgan fingerprint density at radius 1 is 1.28 bits per heavy atom. The molecule has 1 heterocycles. The van der Waals surface area contributed by atoms with Crippen molar-refractivity contribution in [2.75, 3.05) is 32.9 Å². The van der Waals surface area contributed by atoms with Gasteiger partial charge in [-0.2, -0.15) is 0 Å². The lowest BCUT2D eigenvalue weighted by Gasteiger charge is -2.33. The van der Waals surface area contributed by atoms with Crippen LogP contribution in [0.1, 0.15) is 23.2 Å². The molecular formula is C16H23N3O5S. The van der Waals surface area contributed by atoms with E-state index in [0.717, 1.165) is 10.7 Å². The lowest BCUT2D eigenvalue weighted by atomic mass is 10.0. The fourth-order valence-corrected chi connectivity index (χ4v) is 3.30. The van der Waals surface area contributed by atoms with Gasteiger partial charge in [-0.05, 0) is 37.1 Å². The van der Waals surface area contributed by atoms with Crippen LogP contribution in [0.25, 0.3) is 0 Å². The number of nitrogens with zero attached hydrogens (tertiary/aromatic N) is 2. The van der Waals surface area contributed by atoms with Crippen molar-refractivity contribution in [3.05, 3.63) is 29.8 Å². The number of phenolic OH excluding ortho intramolecular Hbond substituents is 1. The highest BCUT2D eigenvalue weighted by atomic mass is 32.2. The average Bonchev–Trinajstić information content (AvgIpc) is 2.54. The average molecular weight is 369 g/mol. The molecule has 1 saturated heterocycles. The number of rotatable bonds is 5. The molecule has 138 valence electrons. The normalized spacial score (nSPS) is 18.2. The summed E-state index contributed by atoms with van der Waals surface area (Å²) in [6.07, 6.45) is 1.41. The second kappa shape index (κ2) is 7.83. The van der Waals surface area contributed by atoms with Crippen LogP contribution in [-0.4, -0.2) is 73.5 Å². The molecule has 9 heteroatoms. The highest BCUT2D eigenvalue weighted by molar-refractivity contribution is 7.89. The molecule has 1 aromatic rings. The van der Waals surface area contributed by atoms with Crippen LogP contribution in [0.2, 0.25) is 0 Å². The van der Waals surface area contributed by atoms with E-state index in [4.69, 9.17) is 0 Å². The van der Waals surface area contributed by atoms with Gasteiger partial charge >= 0.3 is 0 Å². The molecule has 0 unspecified atom stereocenters. The molecule has 8 nitrogen and oxygen atoms in total. The number of nitrogens with one attached hydrogen (secondary N) is 1. The zero-order valence-electron chi connectivity index (χ0n) is 14.3. The Hall–Kier alpha value is -2.13. The zero-order chi connectivity index (χ0) is 18.6. The van der Waals surface area contributed by atoms with Gasteiger partial charge in [0.05, 0.1) is 0 Å². The van der Waals surface area contributed by atoms with Crippen LogP contribution in [0.15, 0.2) is 24.3 Å². The van der Waals surface area contributed by atoms with E-state index in [9.17, 15) is 23.1 Å². The largest absolute Gasteiger partial charge is 0.508 e. The van der Waals surface area contributed by atoms with Crippen LogP contribution in [0, 0.1) is 0 Å². The third kappa shape index (κ3) is 5.17. The van der Waals surface area contributed by atoms with Gasteiger partial charge < -0.3 is 15.3 Å². The monoisotopic (exact) mass is 369 g/mol. The first-order valence-corrected chi connectivity index (χ1v) is 9.58. The second-order valence-electron chi connectivity index (χ2n) is 6.24. The predicted molar refractivity (Wildman–Crippen MR) is 92.6 cm³/mol. The van der Waals surface area contributed by atoms with Crippen LogP contribution in [0.5, 0.6) is 5.75 Å². The lowest BCUT2D eigenvalue weighted by Crippen LogP contribution is -2.51. The number of likely N-dealkylation sites (tertiary alicyclic amines) is 1. The summed E-state index contributed by atoms with van der Waals surface area (Å²) in [5, 5.41) is 12.0. The van der Waals surface area contributed by atoms with E-state index < -0.39 is 21.7 Å². The van der Waals surface area contributed by atoms with Gasteiger partial charge in [0.1, 0.15) is 11.5 Å². The first-order valence-electron chi connectivity index (χ1n) is 7.97. The summed E-state index contributed by atoms with van der Waals surface area (Å²) >= 11 is 0. The minimum absolute atomic E-state index is 0.0856. The maximum absolute atomic E-state index is 12.5. The number of carbonyl (C=O) groups excluding carboxylic acids is 2. The Bertz CT molecular complexity index is 731. The van der Waals surface area contributed by atoms with Gasteiger partial charge in [0.15, 0.2) is 0 Å². The Balaban J connectivity index is 1.95. The maximum atomic E-state index is 12.5. The molecule has 2 amide bonds. The molecule has 1 aliphatic rings. The Morgan fingerprint density at radius 3 is 2.52 bits per heavy atom.